The van der Waals surface area contributed by atoms with Crippen LogP contribution in [0.3, 0.4) is 0 Å². The maximum Gasteiger partial charge on any atom is 0.241 e. The molecule has 1 heterocycles. The summed E-state index contributed by atoms with van der Waals surface area (Å²) < 4.78 is 0. The molecule has 1 aliphatic heterocycles. The van der Waals surface area contributed by atoms with Crippen molar-refractivity contribution in [3.05, 3.63) is 30.3 Å². The number of benzene rings is 1. The minimum Gasteiger partial charge on any atom is -0.355 e. The maximum absolute atomic E-state index is 12.4. The molecule has 0 bridgehead atoms. The van der Waals surface area contributed by atoms with Gasteiger partial charge in [0, 0.05) is 38.4 Å². The molecule has 2 N–H and O–H groups in total. The molecule has 132 valence electrons. The van der Waals surface area contributed by atoms with E-state index >= 15 is 0 Å². The van der Waals surface area contributed by atoms with E-state index in [4.69, 9.17) is 0 Å². The first-order valence-corrected chi connectivity index (χ1v) is 8.69. The van der Waals surface area contributed by atoms with Crippen molar-refractivity contribution < 1.29 is 9.59 Å². The van der Waals surface area contributed by atoms with Gasteiger partial charge in [0.1, 0.15) is 0 Å². The molecule has 2 rings (SSSR count). The lowest BCUT2D eigenvalue weighted by Gasteiger charge is -2.37. The number of hydrogen-bond acceptors (Lipinski definition) is 4. The average molecular weight is 332 g/mol. The Morgan fingerprint density at radius 1 is 1.12 bits per heavy atom. The summed E-state index contributed by atoms with van der Waals surface area (Å²) in [6.07, 6.45) is 0.952. The molecular formula is C18H28N4O2. The minimum absolute atomic E-state index is 0.00957. The Balaban J connectivity index is 1.75. The van der Waals surface area contributed by atoms with Crippen LogP contribution in [0, 0.1) is 0 Å². The van der Waals surface area contributed by atoms with Crippen LogP contribution < -0.4 is 10.6 Å². The lowest BCUT2D eigenvalue weighted by molar-refractivity contribution is -0.124. The van der Waals surface area contributed by atoms with Crippen LogP contribution in [0.25, 0.3) is 0 Å². The van der Waals surface area contributed by atoms with Gasteiger partial charge in [0.05, 0.1) is 12.6 Å². The van der Waals surface area contributed by atoms with Gasteiger partial charge in [-0.15, -0.1) is 0 Å². The fourth-order valence-corrected chi connectivity index (χ4v) is 2.77. The van der Waals surface area contributed by atoms with Crippen molar-refractivity contribution in [2.75, 3.05) is 44.6 Å². The van der Waals surface area contributed by atoms with E-state index in [0.717, 1.165) is 44.8 Å². The van der Waals surface area contributed by atoms with E-state index in [1.54, 1.807) is 0 Å². The number of nitrogens with one attached hydrogen (secondary N) is 2. The average Bonchev–Trinajstić information content (AvgIpc) is 2.61. The van der Waals surface area contributed by atoms with Crippen molar-refractivity contribution in [3.8, 4) is 0 Å². The van der Waals surface area contributed by atoms with Gasteiger partial charge in [-0.25, -0.2) is 0 Å². The van der Waals surface area contributed by atoms with E-state index in [0.29, 0.717) is 6.54 Å². The summed E-state index contributed by atoms with van der Waals surface area (Å²) in [4.78, 5) is 28.4. The number of carbonyl (C=O) groups excluding carboxylic acids is 2. The van der Waals surface area contributed by atoms with E-state index in [2.05, 4.69) is 20.4 Å². The largest absolute Gasteiger partial charge is 0.355 e. The highest BCUT2D eigenvalue weighted by molar-refractivity contribution is 5.94. The van der Waals surface area contributed by atoms with Gasteiger partial charge >= 0.3 is 0 Å². The molecule has 0 aromatic heterocycles. The fourth-order valence-electron chi connectivity index (χ4n) is 2.77. The Morgan fingerprint density at radius 2 is 1.79 bits per heavy atom. The molecule has 2 amide bonds. The van der Waals surface area contributed by atoms with Crippen molar-refractivity contribution in [2.24, 2.45) is 0 Å². The number of amides is 2. The molecule has 1 aromatic carbocycles. The molecule has 0 saturated carbocycles. The zero-order chi connectivity index (χ0) is 17.4. The van der Waals surface area contributed by atoms with Crippen molar-refractivity contribution in [2.45, 2.75) is 26.3 Å². The van der Waals surface area contributed by atoms with Gasteiger partial charge in [-0.3, -0.25) is 19.4 Å². The van der Waals surface area contributed by atoms with Gasteiger partial charge in [0.15, 0.2) is 0 Å². The first-order chi connectivity index (χ1) is 11.6. The molecule has 1 fully saturated rings. The van der Waals surface area contributed by atoms with Gasteiger partial charge in [-0.05, 0) is 25.5 Å². The van der Waals surface area contributed by atoms with Crippen LogP contribution in [0.2, 0.25) is 0 Å². The molecule has 1 saturated heterocycles. The molecule has 1 atom stereocenters. The van der Waals surface area contributed by atoms with Crippen molar-refractivity contribution in [3.63, 3.8) is 0 Å². The first kappa shape index (κ1) is 18.4. The van der Waals surface area contributed by atoms with Crippen LogP contribution in [-0.4, -0.2) is 66.9 Å². The van der Waals surface area contributed by atoms with Gasteiger partial charge in [0.2, 0.25) is 11.8 Å². The smallest absolute Gasteiger partial charge is 0.241 e. The highest BCUT2D eigenvalue weighted by Gasteiger charge is 2.26. The molecule has 6 heteroatoms. The summed E-state index contributed by atoms with van der Waals surface area (Å²) >= 11 is 0. The lowest BCUT2D eigenvalue weighted by Crippen LogP contribution is -2.54. The Bertz CT molecular complexity index is 527. The summed E-state index contributed by atoms with van der Waals surface area (Å²) in [7, 11) is 0. The fraction of sp³-hybridized carbons (Fsp3) is 0.556. The summed E-state index contributed by atoms with van der Waals surface area (Å²) in [6, 6.07) is 9.33. The first-order valence-electron chi connectivity index (χ1n) is 8.69. The molecule has 0 radical (unpaired) electrons. The molecule has 24 heavy (non-hydrogen) atoms. The molecule has 0 spiro atoms. The molecule has 0 aliphatic carbocycles. The van der Waals surface area contributed by atoms with Gasteiger partial charge < -0.3 is 10.6 Å². The van der Waals surface area contributed by atoms with Crippen LogP contribution in [0.4, 0.5) is 5.69 Å². The van der Waals surface area contributed by atoms with Crippen LogP contribution in [0.5, 0.6) is 0 Å². The van der Waals surface area contributed by atoms with Crippen molar-refractivity contribution >= 4 is 17.5 Å². The van der Waals surface area contributed by atoms with E-state index in [9.17, 15) is 9.59 Å². The summed E-state index contributed by atoms with van der Waals surface area (Å²) in [5.74, 6) is 0.0931. The zero-order valence-electron chi connectivity index (χ0n) is 14.6. The monoisotopic (exact) mass is 332 g/mol. The number of piperazine rings is 1. The second-order valence-electron chi connectivity index (χ2n) is 6.19. The Kier molecular flexibility index (Phi) is 7.21. The quantitative estimate of drug-likeness (QED) is 0.786. The zero-order valence-corrected chi connectivity index (χ0v) is 14.6. The van der Waals surface area contributed by atoms with Crippen LogP contribution >= 0.6 is 0 Å². The number of rotatable bonds is 7. The second kappa shape index (κ2) is 9.39. The standard InChI is InChI=1S/C18H28N4O2/c1-3-9-19-17(23)14-21-10-12-22(13-11-21)15(2)18(24)20-16-7-5-4-6-8-16/h4-8,15H,3,9-14H2,1-2H3,(H,19,23)(H,20,24). The van der Waals surface area contributed by atoms with Crippen molar-refractivity contribution in [1.82, 2.24) is 15.1 Å². The van der Waals surface area contributed by atoms with Crippen LogP contribution in [-0.2, 0) is 9.59 Å². The third-order valence-electron chi connectivity index (χ3n) is 4.31. The summed E-state index contributed by atoms with van der Waals surface area (Å²) in [5, 5.41) is 5.85. The van der Waals surface area contributed by atoms with Crippen LogP contribution in [0.1, 0.15) is 20.3 Å². The van der Waals surface area contributed by atoms with Gasteiger partial charge in [-0.2, -0.15) is 0 Å². The highest BCUT2D eigenvalue weighted by atomic mass is 16.2. The topological polar surface area (TPSA) is 64.7 Å². The number of para-hydroxylation sites is 1. The predicted octanol–water partition coefficient (Wildman–Crippen LogP) is 1.16. The molecule has 1 aromatic rings. The maximum atomic E-state index is 12.4. The SMILES string of the molecule is CCCNC(=O)CN1CCN(C(C)C(=O)Nc2ccccc2)CC1. The Labute approximate surface area is 144 Å². The molecule has 1 unspecified atom stereocenters. The molecular weight excluding hydrogens is 304 g/mol. The number of hydrogen-bond donors (Lipinski definition) is 2. The minimum atomic E-state index is -0.179. The number of carbonyl (C=O) groups is 2. The predicted molar refractivity (Wildman–Crippen MR) is 95.8 cm³/mol. The highest BCUT2D eigenvalue weighted by Crippen LogP contribution is 2.10. The van der Waals surface area contributed by atoms with Gasteiger partial charge in [0.25, 0.3) is 0 Å². The second-order valence-corrected chi connectivity index (χ2v) is 6.19. The molecule has 6 nitrogen and oxygen atoms in total. The Hall–Kier alpha value is -1.92. The third-order valence-corrected chi connectivity index (χ3v) is 4.31. The Morgan fingerprint density at radius 3 is 2.42 bits per heavy atom. The lowest BCUT2D eigenvalue weighted by atomic mass is 10.2. The van der Waals surface area contributed by atoms with Crippen molar-refractivity contribution in [1.29, 1.82) is 0 Å². The van der Waals surface area contributed by atoms with Crippen LogP contribution in [0.15, 0.2) is 30.3 Å². The number of anilines is 1. The third kappa shape index (κ3) is 5.62. The van der Waals surface area contributed by atoms with E-state index in [-0.39, 0.29) is 17.9 Å². The summed E-state index contributed by atoms with van der Waals surface area (Å²) in [6.45, 7) is 8.36. The van der Waals surface area contributed by atoms with Gasteiger partial charge in [-0.1, -0.05) is 25.1 Å². The molecule has 1 aliphatic rings. The normalized spacial score (nSPS) is 17.2. The van der Waals surface area contributed by atoms with E-state index < -0.39 is 0 Å². The van der Waals surface area contributed by atoms with E-state index in [1.165, 1.54) is 0 Å². The summed E-state index contributed by atoms with van der Waals surface area (Å²) in [5.41, 5.74) is 0.820. The van der Waals surface area contributed by atoms with E-state index in [1.807, 2.05) is 44.2 Å². The number of nitrogens with zero attached hydrogens (tertiary/aromatic N) is 2.